The van der Waals surface area contributed by atoms with Gasteiger partial charge >= 0.3 is 23.9 Å². The first-order valence-electron chi connectivity index (χ1n) is 10.6. The Balaban J connectivity index is 3.31. The van der Waals surface area contributed by atoms with Crippen LogP contribution in [0.2, 0.25) is 0 Å². The van der Waals surface area contributed by atoms with E-state index in [0.29, 0.717) is 12.8 Å². The van der Waals surface area contributed by atoms with E-state index in [1.165, 1.54) is 9.80 Å². The summed E-state index contributed by atoms with van der Waals surface area (Å²) in [4.78, 5) is 63.7. The summed E-state index contributed by atoms with van der Waals surface area (Å²) < 4.78 is 0. The molecule has 0 spiro atoms. The Morgan fingerprint density at radius 1 is 0.758 bits per heavy atom. The van der Waals surface area contributed by atoms with Gasteiger partial charge in [0.2, 0.25) is 5.91 Å². The minimum Gasteiger partial charge on any atom is -0.480 e. The molecule has 1 aliphatic heterocycles. The van der Waals surface area contributed by atoms with Crippen LogP contribution in [0.1, 0.15) is 25.7 Å². The SMILES string of the molecule is CN(C)C(=O)CCCCC1(N(CC(=O)O)CC(=O)O)CN(CC(=O)O)CCN(CC(=O)O)C1. The van der Waals surface area contributed by atoms with Crippen molar-refractivity contribution in [2.24, 2.45) is 0 Å². The molecule has 0 saturated carbocycles. The molecule has 0 unspecified atom stereocenters. The molecular formula is C20H34N4O9. The highest BCUT2D eigenvalue weighted by Crippen LogP contribution is 2.28. The first-order valence-corrected chi connectivity index (χ1v) is 10.6. The molecule has 4 N–H and O–H groups in total. The van der Waals surface area contributed by atoms with Crippen molar-refractivity contribution in [3.05, 3.63) is 0 Å². The molecule has 13 heteroatoms. The molecule has 0 bridgehead atoms. The van der Waals surface area contributed by atoms with E-state index in [2.05, 4.69) is 0 Å². The summed E-state index contributed by atoms with van der Waals surface area (Å²) in [5.41, 5.74) is -1.14. The maximum atomic E-state index is 11.9. The van der Waals surface area contributed by atoms with E-state index in [9.17, 15) is 44.4 Å². The fourth-order valence-electron chi connectivity index (χ4n) is 4.16. The van der Waals surface area contributed by atoms with E-state index in [4.69, 9.17) is 0 Å². The lowest BCUT2D eigenvalue weighted by Crippen LogP contribution is -2.62. The van der Waals surface area contributed by atoms with Gasteiger partial charge in [0.05, 0.1) is 26.2 Å². The second kappa shape index (κ2) is 13.1. The number of carbonyl (C=O) groups excluding carboxylic acids is 1. The zero-order chi connectivity index (χ0) is 25.2. The van der Waals surface area contributed by atoms with Gasteiger partial charge in [-0.25, -0.2) is 0 Å². The summed E-state index contributed by atoms with van der Waals surface area (Å²) in [5, 5.41) is 37.5. The average molecular weight is 475 g/mol. The third-order valence-electron chi connectivity index (χ3n) is 5.59. The van der Waals surface area contributed by atoms with Gasteiger partial charge in [-0.1, -0.05) is 6.42 Å². The molecule has 0 aromatic heterocycles. The van der Waals surface area contributed by atoms with Gasteiger partial charge < -0.3 is 25.3 Å². The molecule has 1 rings (SSSR count). The Hall–Kier alpha value is -2.77. The van der Waals surface area contributed by atoms with Crippen LogP contribution in [0.5, 0.6) is 0 Å². The molecule has 1 amide bonds. The lowest BCUT2D eigenvalue weighted by Gasteiger charge is -2.45. The Kier molecular flexibility index (Phi) is 11.2. The topological polar surface area (TPSA) is 179 Å². The van der Waals surface area contributed by atoms with Crippen LogP contribution >= 0.6 is 0 Å². The van der Waals surface area contributed by atoms with E-state index in [0.717, 1.165) is 0 Å². The molecular weight excluding hydrogens is 440 g/mol. The second-order valence-corrected chi connectivity index (χ2v) is 8.57. The second-order valence-electron chi connectivity index (χ2n) is 8.57. The van der Waals surface area contributed by atoms with Gasteiger partial charge in [0, 0.05) is 52.2 Å². The summed E-state index contributed by atoms with van der Waals surface area (Å²) in [5.74, 6) is -4.79. The van der Waals surface area contributed by atoms with Crippen LogP contribution in [0.3, 0.4) is 0 Å². The lowest BCUT2D eigenvalue weighted by atomic mass is 9.88. The summed E-state index contributed by atoms with van der Waals surface area (Å²) in [6.07, 6.45) is 1.42. The van der Waals surface area contributed by atoms with E-state index >= 15 is 0 Å². The van der Waals surface area contributed by atoms with E-state index in [1.54, 1.807) is 23.9 Å². The van der Waals surface area contributed by atoms with Crippen LogP contribution in [0.25, 0.3) is 0 Å². The molecule has 0 aromatic carbocycles. The molecule has 1 heterocycles. The quantitative estimate of drug-likeness (QED) is 0.217. The molecule has 1 fully saturated rings. The normalized spacial score (nSPS) is 16.8. The molecule has 13 nitrogen and oxygen atoms in total. The number of hydrogen-bond acceptors (Lipinski definition) is 8. The van der Waals surface area contributed by atoms with E-state index in [1.807, 2.05) is 0 Å². The maximum absolute atomic E-state index is 11.9. The molecule has 1 saturated heterocycles. The zero-order valence-corrected chi connectivity index (χ0v) is 19.1. The van der Waals surface area contributed by atoms with E-state index in [-0.39, 0.29) is 58.0 Å². The number of carboxylic acids is 4. The molecule has 0 atom stereocenters. The monoisotopic (exact) mass is 474 g/mol. The zero-order valence-electron chi connectivity index (χ0n) is 19.1. The molecule has 33 heavy (non-hydrogen) atoms. The molecule has 1 aliphatic rings. The van der Waals surface area contributed by atoms with Crippen molar-refractivity contribution in [1.29, 1.82) is 0 Å². The third-order valence-corrected chi connectivity index (χ3v) is 5.59. The highest BCUT2D eigenvalue weighted by molar-refractivity contribution is 5.75. The number of carboxylic acid groups (broad SMARTS) is 4. The van der Waals surface area contributed by atoms with Crippen molar-refractivity contribution in [3.8, 4) is 0 Å². The summed E-state index contributed by atoms with van der Waals surface area (Å²) in [6, 6.07) is 0. The van der Waals surface area contributed by atoms with Gasteiger partial charge in [-0.05, 0) is 12.8 Å². The minimum atomic E-state index is -1.25. The van der Waals surface area contributed by atoms with Gasteiger partial charge in [0.1, 0.15) is 0 Å². The van der Waals surface area contributed by atoms with Crippen LogP contribution in [0.4, 0.5) is 0 Å². The number of rotatable bonds is 14. The maximum Gasteiger partial charge on any atom is 0.317 e. The standard InChI is InChI=1S/C20H34N4O9/c1-21(2)15(25)5-3-4-6-20(24(11-18(30)31)12-19(32)33)13-22(9-16(26)27)7-8-23(14-20)10-17(28)29/h3-14H2,1-2H3,(H,26,27)(H,28,29)(H,30,31)(H,32,33). The fourth-order valence-corrected chi connectivity index (χ4v) is 4.16. The van der Waals surface area contributed by atoms with Crippen molar-refractivity contribution < 1.29 is 44.4 Å². The Morgan fingerprint density at radius 2 is 1.21 bits per heavy atom. The van der Waals surface area contributed by atoms with Gasteiger partial charge in [-0.15, -0.1) is 0 Å². The first-order chi connectivity index (χ1) is 15.3. The average Bonchev–Trinajstić information content (AvgIpc) is 2.82. The van der Waals surface area contributed by atoms with Crippen LogP contribution in [-0.4, -0.2) is 142 Å². The smallest absolute Gasteiger partial charge is 0.317 e. The van der Waals surface area contributed by atoms with Crippen molar-refractivity contribution in [1.82, 2.24) is 19.6 Å². The van der Waals surface area contributed by atoms with Crippen molar-refractivity contribution in [2.75, 3.05) is 66.5 Å². The predicted octanol–water partition coefficient (Wildman–Crippen LogP) is -1.37. The van der Waals surface area contributed by atoms with Crippen LogP contribution < -0.4 is 0 Å². The Bertz CT molecular complexity index is 686. The molecule has 188 valence electrons. The number of unbranched alkanes of at least 4 members (excludes halogenated alkanes) is 1. The van der Waals surface area contributed by atoms with Crippen LogP contribution in [0.15, 0.2) is 0 Å². The minimum absolute atomic E-state index is 0.0532. The van der Waals surface area contributed by atoms with Crippen molar-refractivity contribution in [2.45, 2.75) is 31.2 Å². The molecule has 0 aromatic rings. The van der Waals surface area contributed by atoms with Crippen molar-refractivity contribution in [3.63, 3.8) is 0 Å². The number of hydrogen-bond donors (Lipinski definition) is 4. The number of carbonyl (C=O) groups is 5. The van der Waals surface area contributed by atoms with E-state index < -0.39 is 42.5 Å². The van der Waals surface area contributed by atoms with Gasteiger partial charge in [-0.2, -0.15) is 0 Å². The fraction of sp³-hybridized carbons (Fsp3) is 0.750. The summed E-state index contributed by atoms with van der Waals surface area (Å²) >= 11 is 0. The van der Waals surface area contributed by atoms with Crippen LogP contribution in [0, 0.1) is 0 Å². The number of amides is 1. The molecule has 0 radical (unpaired) electrons. The highest BCUT2D eigenvalue weighted by atomic mass is 16.4. The Labute approximate surface area is 192 Å². The highest BCUT2D eigenvalue weighted by Gasteiger charge is 2.43. The Morgan fingerprint density at radius 3 is 1.58 bits per heavy atom. The van der Waals surface area contributed by atoms with Crippen LogP contribution in [-0.2, 0) is 24.0 Å². The number of aliphatic carboxylic acids is 4. The first kappa shape index (κ1) is 28.3. The summed E-state index contributed by atoms with van der Waals surface area (Å²) in [7, 11) is 3.26. The predicted molar refractivity (Wildman–Crippen MR) is 115 cm³/mol. The van der Waals surface area contributed by atoms with Gasteiger partial charge in [0.25, 0.3) is 0 Å². The number of nitrogens with zero attached hydrogens (tertiary/aromatic N) is 4. The third kappa shape index (κ3) is 10.1. The summed E-state index contributed by atoms with van der Waals surface area (Å²) in [6.45, 7) is -1.35. The van der Waals surface area contributed by atoms with Gasteiger partial charge in [0.15, 0.2) is 0 Å². The van der Waals surface area contributed by atoms with Gasteiger partial charge in [-0.3, -0.25) is 38.7 Å². The van der Waals surface area contributed by atoms with Crippen molar-refractivity contribution >= 4 is 29.8 Å². The largest absolute Gasteiger partial charge is 0.480 e. The molecule has 0 aliphatic carbocycles. The lowest BCUT2D eigenvalue weighted by molar-refractivity contribution is -0.148.